The second-order valence-corrected chi connectivity index (χ2v) is 6.93. The molecule has 1 saturated carbocycles. The van der Waals surface area contributed by atoms with Crippen LogP contribution in [0.2, 0.25) is 0 Å². The maximum atomic E-state index is 6.32. The smallest absolute Gasteiger partial charge is 0.119 e. The highest BCUT2D eigenvalue weighted by Gasteiger charge is 2.43. The maximum absolute atomic E-state index is 6.32. The number of rotatable bonds is 3. The zero-order chi connectivity index (χ0) is 13.2. The van der Waals surface area contributed by atoms with Crippen LogP contribution < -0.4 is 5.32 Å². The molecule has 106 valence electrons. The standard InChI is InChI=1S/C16H31NO/c1-5-15(6-2)11-17-16(18-12-15)9-7-14(8-10-16)13(3)4/h13-14,17H,5-12H2,1-4H3. The molecule has 2 heteroatoms. The van der Waals surface area contributed by atoms with Gasteiger partial charge in [-0.2, -0.15) is 0 Å². The molecule has 0 aromatic carbocycles. The molecule has 2 nitrogen and oxygen atoms in total. The van der Waals surface area contributed by atoms with Crippen molar-refractivity contribution in [3.8, 4) is 0 Å². The third-order valence-corrected chi connectivity index (χ3v) is 5.72. The van der Waals surface area contributed by atoms with E-state index in [0.717, 1.165) is 25.0 Å². The molecule has 1 heterocycles. The van der Waals surface area contributed by atoms with Gasteiger partial charge >= 0.3 is 0 Å². The summed E-state index contributed by atoms with van der Waals surface area (Å²) in [6, 6.07) is 0. The minimum atomic E-state index is 0.0270. The molecule has 0 aromatic rings. The lowest BCUT2D eigenvalue weighted by Crippen LogP contribution is -2.60. The van der Waals surface area contributed by atoms with Gasteiger partial charge in [-0.05, 0) is 50.4 Å². The van der Waals surface area contributed by atoms with Crippen molar-refractivity contribution in [2.75, 3.05) is 13.2 Å². The van der Waals surface area contributed by atoms with Crippen molar-refractivity contribution in [1.29, 1.82) is 0 Å². The molecule has 0 amide bonds. The molecular formula is C16H31NO. The highest BCUT2D eigenvalue weighted by atomic mass is 16.5. The van der Waals surface area contributed by atoms with E-state index in [-0.39, 0.29) is 5.72 Å². The maximum Gasteiger partial charge on any atom is 0.119 e. The van der Waals surface area contributed by atoms with Crippen LogP contribution in [-0.2, 0) is 4.74 Å². The van der Waals surface area contributed by atoms with E-state index in [0.29, 0.717) is 5.41 Å². The van der Waals surface area contributed by atoms with Gasteiger partial charge in [-0.3, -0.25) is 5.32 Å². The molecule has 0 radical (unpaired) electrons. The van der Waals surface area contributed by atoms with Crippen LogP contribution in [0.25, 0.3) is 0 Å². The van der Waals surface area contributed by atoms with Crippen LogP contribution in [0.15, 0.2) is 0 Å². The molecular weight excluding hydrogens is 222 g/mol. The fourth-order valence-corrected chi connectivity index (χ4v) is 3.54. The molecule has 1 N–H and O–H groups in total. The van der Waals surface area contributed by atoms with Gasteiger partial charge in [0.2, 0.25) is 0 Å². The van der Waals surface area contributed by atoms with Crippen LogP contribution in [0.3, 0.4) is 0 Å². The average molecular weight is 253 g/mol. The van der Waals surface area contributed by atoms with Gasteiger partial charge in [0.1, 0.15) is 5.72 Å². The molecule has 18 heavy (non-hydrogen) atoms. The summed E-state index contributed by atoms with van der Waals surface area (Å²) >= 11 is 0. The van der Waals surface area contributed by atoms with Gasteiger partial charge in [-0.15, -0.1) is 0 Å². The monoisotopic (exact) mass is 253 g/mol. The summed E-state index contributed by atoms with van der Waals surface area (Å²) in [7, 11) is 0. The molecule has 0 unspecified atom stereocenters. The van der Waals surface area contributed by atoms with Crippen LogP contribution in [0.4, 0.5) is 0 Å². The second kappa shape index (κ2) is 5.50. The van der Waals surface area contributed by atoms with E-state index in [9.17, 15) is 0 Å². The van der Waals surface area contributed by atoms with E-state index in [1.807, 2.05) is 0 Å². The van der Waals surface area contributed by atoms with E-state index >= 15 is 0 Å². The Bertz CT molecular complexity index is 250. The molecule has 1 aliphatic carbocycles. The Morgan fingerprint density at radius 1 is 1.17 bits per heavy atom. The summed E-state index contributed by atoms with van der Waals surface area (Å²) in [5.41, 5.74) is 0.416. The SMILES string of the molecule is CCC1(CC)CNC2(CCC(C(C)C)CC2)OC1. The first-order valence-corrected chi connectivity index (χ1v) is 7.94. The van der Waals surface area contributed by atoms with Crippen LogP contribution in [0, 0.1) is 17.3 Å². The minimum Gasteiger partial charge on any atom is -0.360 e. The van der Waals surface area contributed by atoms with Crippen molar-refractivity contribution in [2.24, 2.45) is 17.3 Å². The molecule has 0 aromatic heterocycles. The Labute approximate surface area is 113 Å². The first-order valence-electron chi connectivity index (χ1n) is 7.94. The largest absolute Gasteiger partial charge is 0.360 e. The fourth-order valence-electron chi connectivity index (χ4n) is 3.54. The quantitative estimate of drug-likeness (QED) is 0.822. The number of ether oxygens (including phenoxy) is 1. The third kappa shape index (κ3) is 2.75. The fraction of sp³-hybridized carbons (Fsp3) is 1.00. The van der Waals surface area contributed by atoms with E-state index in [1.54, 1.807) is 0 Å². The average Bonchev–Trinajstić information content (AvgIpc) is 2.41. The van der Waals surface area contributed by atoms with Crippen molar-refractivity contribution in [1.82, 2.24) is 5.32 Å². The first-order chi connectivity index (χ1) is 8.55. The summed E-state index contributed by atoms with van der Waals surface area (Å²) in [4.78, 5) is 0. The molecule has 2 rings (SSSR count). The topological polar surface area (TPSA) is 21.3 Å². The summed E-state index contributed by atoms with van der Waals surface area (Å²) < 4.78 is 6.32. The summed E-state index contributed by atoms with van der Waals surface area (Å²) in [6.45, 7) is 11.4. The lowest BCUT2D eigenvalue weighted by molar-refractivity contribution is -0.168. The van der Waals surface area contributed by atoms with Crippen molar-refractivity contribution in [2.45, 2.75) is 71.9 Å². The molecule has 1 spiro atoms. The Kier molecular flexibility index (Phi) is 4.38. The van der Waals surface area contributed by atoms with Crippen molar-refractivity contribution in [3.05, 3.63) is 0 Å². The predicted octanol–water partition coefficient (Wildman–Crippen LogP) is 3.96. The summed E-state index contributed by atoms with van der Waals surface area (Å²) in [5.74, 6) is 1.74. The predicted molar refractivity (Wildman–Crippen MR) is 76.5 cm³/mol. The Morgan fingerprint density at radius 3 is 2.17 bits per heavy atom. The van der Waals surface area contributed by atoms with E-state index in [2.05, 4.69) is 33.0 Å². The highest BCUT2D eigenvalue weighted by molar-refractivity contribution is 4.93. The zero-order valence-electron chi connectivity index (χ0n) is 12.7. The van der Waals surface area contributed by atoms with Crippen molar-refractivity contribution < 1.29 is 4.74 Å². The van der Waals surface area contributed by atoms with Gasteiger partial charge in [0.05, 0.1) is 6.61 Å². The van der Waals surface area contributed by atoms with Gasteiger partial charge in [0.15, 0.2) is 0 Å². The van der Waals surface area contributed by atoms with E-state index in [1.165, 1.54) is 38.5 Å². The van der Waals surface area contributed by atoms with Gasteiger partial charge in [-0.25, -0.2) is 0 Å². The number of hydrogen-bond donors (Lipinski definition) is 1. The molecule has 2 fully saturated rings. The van der Waals surface area contributed by atoms with E-state index in [4.69, 9.17) is 4.74 Å². The number of hydrogen-bond acceptors (Lipinski definition) is 2. The Morgan fingerprint density at radius 2 is 1.78 bits per heavy atom. The molecule has 0 bridgehead atoms. The molecule has 0 atom stereocenters. The normalized spacial score (nSPS) is 36.2. The first kappa shape index (κ1) is 14.3. The van der Waals surface area contributed by atoms with Crippen molar-refractivity contribution in [3.63, 3.8) is 0 Å². The third-order valence-electron chi connectivity index (χ3n) is 5.72. The molecule has 1 aliphatic heterocycles. The Balaban J connectivity index is 1.90. The van der Waals surface area contributed by atoms with Crippen molar-refractivity contribution >= 4 is 0 Å². The van der Waals surface area contributed by atoms with E-state index < -0.39 is 0 Å². The van der Waals surface area contributed by atoms with Crippen LogP contribution in [-0.4, -0.2) is 18.9 Å². The molecule has 1 saturated heterocycles. The zero-order valence-corrected chi connectivity index (χ0v) is 12.7. The van der Waals surface area contributed by atoms with Crippen LogP contribution in [0.1, 0.15) is 66.2 Å². The lowest BCUT2D eigenvalue weighted by atomic mass is 9.75. The lowest BCUT2D eigenvalue weighted by Gasteiger charge is -2.50. The summed E-state index contributed by atoms with van der Waals surface area (Å²) in [6.07, 6.45) is 7.52. The highest BCUT2D eigenvalue weighted by Crippen LogP contribution is 2.41. The number of nitrogens with one attached hydrogen (secondary N) is 1. The Hall–Kier alpha value is -0.0800. The van der Waals surface area contributed by atoms with Crippen LogP contribution >= 0.6 is 0 Å². The molecule has 2 aliphatic rings. The minimum absolute atomic E-state index is 0.0270. The van der Waals surface area contributed by atoms with Gasteiger partial charge < -0.3 is 4.74 Å². The van der Waals surface area contributed by atoms with Gasteiger partial charge in [0.25, 0.3) is 0 Å². The van der Waals surface area contributed by atoms with Gasteiger partial charge in [0, 0.05) is 12.0 Å². The van der Waals surface area contributed by atoms with Gasteiger partial charge in [-0.1, -0.05) is 27.7 Å². The second-order valence-electron chi connectivity index (χ2n) is 6.93. The van der Waals surface area contributed by atoms with Crippen LogP contribution in [0.5, 0.6) is 0 Å². The summed E-state index contributed by atoms with van der Waals surface area (Å²) in [5, 5.41) is 3.76.